The van der Waals surface area contributed by atoms with Crippen LogP contribution in [-0.2, 0) is 11.3 Å². The molecule has 1 aliphatic carbocycles. The number of aromatic nitrogens is 2. The van der Waals surface area contributed by atoms with Crippen molar-refractivity contribution < 1.29 is 4.74 Å². The Balaban J connectivity index is 1.40. The first-order valence-electron chi connectivity index (χ1n) is 8.31. The zero-order valence-electron chi connectivity index (χ0n) is 12.6. The quantitative estimate of drug-likeness (QED) is 0.928. The number of rotatable bonds is 4. The van der Waals surface area contributed by atoms with E-state index in [0.717, 1.165) is 32.0 Å². The van der Waals surface area contributed by atoms with E-state index in [1.54, 1.807) is 0 Å². The van der Waals surface area contributed by atoms with Crippen molar-refractivity contribution in [1.29, 1.82) is 0 Å². The van der Waals surface area contributed by atoms with Gasteiger partial charge in [0.15, 0.2) is 0 Å². The lowest BCUT2D eigenvalue weighted by Crippen LogP contribution is -2.43. The standard InChI is InChI=1S/C16H25N3OS/c1-2-14(1)17-10-13-11-18-19(12-13)15-3-6-20-16(9-15)4-7-21-8-5-16/h11-12,14-15,17H,1-10H2. The fourth-order valence-corrected chi connectivity index (χ4v) is 4.77. The van der Waals surface area contributed by atoms with Crippen LogP contribution in [0.25, 0.3) is 0 Å². The Morgan fingerprint density at radius 2 is 2.19 bits per heavy atom. The molecule has 0 aromatic carbocycles. The van der Waals surface area contributed by atoms with Crippen molar-refractivity contribution in [3.8, 4) is 0 Å². The summed E-state index contributed by atoms with van der Waals surface area (Å²) >= 11 is 2.07. The zero-order chi connectivity index (χ0) is 14.1. The maximum atomic E-state index is 6.19. The highest BCUT2D eigenvalue weighted by molar-refractivity contribution is 7.99. The molecule has 1 aromatic rings. The minimum absolute atomic E-state index is 0.145. The van der Waals surface area contributed by atoms with Crippen LogP contribution in [-0.4, -0.2) is 39.5 Å². The van der Waals surface area contributed by atoms with E-state index in [0.29, 0.717) is 6.04 Å². The first kappa shape index (κ1) is 14.1. The van der Waals surface area contributed by atoms with Gasteiger partial charge in [0.2, 0.25) is 0 Å². The summed E-state index contributed by atoms with van der Waals surface area (Å²) in [4.78, 5) is 0. The lowest BCUT2D eigenvalue weighted by Gasteiger charge is -2.43. The lowest BCUT2D eigenvalue weighted by atomic mass is 9.85. The third-order valence-electron chi connectivity index (χ3n) is 5.07. The summed E-state index contributed by atoms with van der Waals surface area (Å²) in [5.41, 5.74) is 1.47. The van der Waals surface area contributed by atoms with E-state index < -0.39 is 0 Å². The Morgan fingerprint density at radius 3 is 3.00 bits per heavy atom. The van der Waals surface area contributed by atoms with Crippen molar-refractivity contribution >= 4 is 11.8 Å². The highest BCUT2D eigenvalue weighted by Gasteiger charge is 2.39. The average molecular weight is 307 g/mol. The predicted molar refractivity (Wildman–Crippen MR) is 85.6 cm³/mol. The molecular weight excluding hydrogens is 282 g/mol. The summed E-state index contributed by atoms with van der Waals surface area (Å²) in [7, 11) is 0. The van der Waals surface area contributed by atoms with Crippen molar-refractivity contribution in [3.63, 3.8) is 0 Å². The summed E-state index contributed by atoms with van der Waals surface area (Å²) in [6.45, 7) is 1.86. The fourth-order valence-electron chi connectivity index (χ4n) is 3.54. The molecule has 3 aliphatic rings. The third kappa shape index (κ3) is 3.30. The monoisotopic (exact) mass is 307 g/mol. The van der Waals surface area contributed by atoms with E-state index in [-0.39, 0.29) is 5.60 Å². The van der Waals surface area contributed by atoms with Gasteiger partial charge in [-0.15, -0.1) is 0 Å². The molecule has 116 valence electrons. The van der Waals surface area contributed by atoms with Crippen LogP contribution in [0.3, 0.4) is 0 Å². The van der Waals surface area contributed by atoms with Crippen LogP contribution in [0.1, 0.15) is 50.1 Å². The predicted octanol–water partition coefficient (Wildman–Crippen LogP) is 2.75. The first-order valence-corrected chi connectivity index (χ1v) is 9.47. The van der Waals surface area contributed by atoms with Gasteiger partial charge in [0, 0.05) is 31.0 Å². The van der Waals surface area contributed by atoms with Gasteiger partial charge in [-0.25, -0.2) is 0 Å². The molecule has 1 saturated carbocycles. The Bertz CT molecular complexity index is 474. The number of thioether (sulfide) groups is 1. The molecule has 1 N–H and O–H groups in total. The van der Waals surface area contributed by atoms with E-state index in [2.05, 4.69) is 33.1 Å². The lowest BCUT2D eigenvalue weighted by molar-refractivity contribution is -0.100. The second kappa shape index (κ2) is 5.94. The van der Waals surface area contributed by atoms with Crippen molar-refractivity contribution in [2.75, 3.05) is 18.1 Å². The Morgan fingerprint density at radius 1 is 1.33 bits per heavy atom. The maximum absolute atomic E-state index is 6.19. The summed E-state index contributed by atoms with van der Waals surface area (Å²) in [5, 5.41) is 8.20. The molecule has 21 heavy (non-hydrogen) atoms. The maximum Gasteiger partial charge on any atom is 0.0718 e. The smallest absolute Gasteiger partial charge is 0.0718 e. The summed E-state index contributed by atoms with van der Waals surface area (Å²) in [6.07, 6.45) is 11.6. The van der Waals surface area contributed by atoms with Gasteiger partial charge in [-0.3, -0.25) is 4.68 Å². The fraction of sp³-hybridized carbons (Fsp3) is 0.812. The van der Waals surface area contributed by atoms with Gasteiger partial charge in [0.1, 0.15) is 0 Å². The van der Waals surface area contributed by atoms with Gasteiger partial charge in [-0.05, 0) is 50.0 Å². The van der Waals surface area contributed by atoms with E-state index in [4.69, 9.17) is 4.74 Å². The van der Waals surface area contributed by atoms with Gasteiger partial charge in [0.25, 0.3) is 0 Å². The van der Waals surface area contributed by atoms with E-state index in [9.17, 15) is 0 Å². The second-order valence-electron chi connectivity index (χ2n) is 6.77. The van der Waals surface area contributed by atoms with Crippen molar-refractivity contribution in [2.24, 2.45) is 0 Å². The largest absolute Gasteiger partial charge is 0.375 e. The molecule has 0 amide bonds. The molecule has 1 spiro atoms. The van der Waals surface area contributed by atoms with Crippen molar-refractivity contribution in [2.45, 2.75) is 62.8 Å². The van der Waals surface area contributed by atoms with Crippen LogP contribution >= 0.6 is 11.8 Å². The number of hydrogen-bond acceptors (Lipinski definition) is 4. The Hall–Kier alpha value is -0.520. The molecule has 4 nitrogen and oxygen atoms in total. The van der Waals surface area contributed by atoms with Gasteiger partial charge in [-0.1, -0.05) is 0 Å². The number of hydrogen-bond donors (Lipinski definition) is 1. The van der Waals surface area contributed by atoms with Crippen LogP contribution in [0.15, 0.2) is 12.4 Å². The van der Waals surface area contributed by atoms with Crippen molar-refractivity contribution in [3.05, 3.63) is 18.0 Å². The molecule has 3 heterocycles. The van der Waals surface area contributed by atoms with Crippen LogP contribution in [0.2, 0.25) is 0 Å². The van der Waals surface area contributed by atoms with Gasteiger partial charge in [-0.2, -0.15) is 16.9 Å². The Labute approximate surface area is 131 Å². The SMILES string of the molecule is c1nn(C2CCOC3(CCSCC3)C2)cc1CNC1CC1. The second-order valence-corrected chi connectivity index (χ2v) is 8.00. The molecule has 3 fully saturated rings. The molecule has 2 saturated heterocycles. The molecule has 1 aromatic heterocycles. The molecule has 1 atom stereocenters. The van der Waals surface area contributed by atoms with E-state index in [1.165, 1.54) is 42.8 Å². The summed E-state index contributed by atoms with van der Waals surface area (Å²) in [5.74, 6) is 2.50. The van der Waals surface area contributed by atoms with Crippen LogP contribution in [0.5, 0.6) is 0 Å². The summed E-state index contributed by atoms with van der Waals surface area (Å²) in [6, 6.07) is 1.29. The van der Waals surface area contributed by atoms with Gasteiger partial charge < -0.3 is 10.1 Å². The van der Waals surface area contributed by atoms with Crippen LogP contribution < -0.4 is 5.32 Å². The minimum Gasteiger partial charge on any atom is -0.375 e. The third-order valence-corrected chi connectivity index (χ3v) is 6.06. The minimum atomic E-state index is 0.145. The molecule has 5 heteroatoms. The number of nitrogens with one attached hydrogen (secondary N) is 1. The molecule has 2 aliphatic heterocycles. The topological polar surface area (TPSA) is 39.1 Å². The Kier molecular flexibility index (Phi) is 3.98. The molecule has 0 bridgehead atoms. The average Bonchev–Trinajstić information content (AvgIpc) is 3.22. The number of ether oxygens (including phenoxy) is 1. The molecule has 1 unspecified atom stereocenters. The normalized spacial score (nSPS) is 28.9. The van der Waals surface area contributed by atoms with Crippen molar-refractivity contribution in [1.82, 2.24) is 15.1 Å². The highest BCUT2D eigenvalue weighted by atomic mass is 32.2. The number of nitrogens with zero attached hydrogens (tertiary/aromatic N) is 2. The zero-order valence-corrected chi connectivity index (χ0v) is 13.4. The molecular formula is C16H25N3OS. The molecule has 0 radical (unpaired) electrons. The van der Waals surface area contributed by atoms with Gasteiger partial charge >= 0.3 is 0 Å². The van der Waals surface area contributed by atoms with Gasteiger partial charge in [0.05, 0.1) is 17.8 Å². The highest BCUT2D eigenvalue weighted by Crippen LogP contribution is 2.41. The van der Waals surface area contributed by atoms with Crippen LogP contribution in [0.4, 0.5) is 0 Å². The van der Waals surface area contributed by atoms with Crippen LogP contribution in [0, 0.1) is 0 Å². The van der Waals surface area contributed by atoms with E-state index in [1.807, 2.05) is 6.20 Å². The first-order chi connectivity index (χ1) is 10.3. The molecule has 4 rings (SSSR count). The van der Waals surface area contributed by atoms with E-state index >= 15 is 0 Å². The summed E-state index contributed by atoms with van der Waals surface area (Å²) < 4.78 is 8.39.